The first-order valence-corrected chi connectivity index (χ1v) is 5.87. The van der Waals surface area contributed by atoms with Crippen LogP contribution in [-0.4, -0.2) is 28.5 Å². The minimum absolute atomic E-state index is 0.452. The zero-order chi connectivity index (χ0) is 10.7. The van der Waals surface area contributed by atoms with E-state index in [9.17, 15) is 0 Å². The van der Waals surface area contributed by atoms with E-state index in [-0.39, 0.29) is 0 Å². The van der Waals surface area contributed by atoms with Gasteiger partial charge in [-0.1, -0.05) is 0 Å². The summed E-state index contributed by atoms with van der Waals surface area (Å²) in [6.07, 6.45) is 4.39. The molecule has 0 unspecified atom stereocenters. The van der Waals surface area contributed by atoms with E-state index in [0.717, 1.165) is 31.1 Å². The highest BCUT2D eigenvalue weighted by atomic mass is 35.5. The topological polar surface area (TPSA) is 39.9 Å². The minimum atomic E-state index is 0.452. The quantitative estimate of drug-likeness (QED) is 0.553. The predicted molar refractivity (Wildman–Crippen MR) is 58.0 cm³/mol. The molecule has 2 rings (SSSR count). The van der Waals surface area contributed by atoms with Crippen molar-refractivity contribution < 1.29 is 4.74 Å². The van der Waals surface area contributed by atoms with Crippen molar-refractivity contribution in [3.8, 4) is 0 Å². The Morgan fingerprint density at radius 3 is 2.73 bits per heavy atom. The number of alkyl halides is 1. The van der Waals surface area contributed by atoms with Crippen LogP contribution in [0.25, 0.3) is 0 Å². The molecule has 1 aliphatic rings. The third kappa shape index (κ3) is 2.49. The maximum absolute atomic E-state index is 5.83. The molecule has 1 saturated carbocycles. The molecule has 0 amide bonds. The summed E-state index contributed by atoms with van der Waals surface area (Å²) in [6, 6.07) is 0.603. The molecule has 1 aromatic heterocycles. The van der Waals surface area contributed by atoms with Crippen molar-refractivity contribution in [2.24, 2.45) is 0 Å². The van der Waals surface area contributed by atoms with Gasteiger partial charge in [-0.15, -0.1) is 21.8 Å². The van der Waals surface area contributed by atoms with Crippen molar-refractivity contribution in [1.29, 1.82) is 0 Å². The Morgan fingerprint density at radius 2 is 2.13 bits per heavy atom. The summed E-state index contributed by atoms with van der Waals surface area (Å²) in [7, 11) is 1.72. The third-order valence-corrected chi connectivity index (χ3v) is 2.86. The van der Waals surface area contributed by atoms with Crippen LogP contribution >= 0.6 is 11.6 Å². The predicted octanol–water partition coefficient (Wildman–Crippen LogP) is 1.93. The number of rotatable bonds is 6. The summed E-state index contributed by atoms with van der Waals surface area (Å²) in [5, 5.41) is 8.31. The highest BCUT2D eigenvalue weighted by Gasteiger charge is 2.28. The van der Waals surface area contributed by atoms with Crippen molar-refractivity contribution in [2.45, 2.75) is 37.6 Å². The van der Waals surface area contributed by atoms with Crippen LogP contribution in [0.2, 0.25) is 0 Å². The van der Waals surface area contributed by atoms with Gasteiger partial charge in [-0.2, -0.15) is 0 Å². The van der Waals surface area contributed by atoms with Crippen molar-refractivity contribution in [2.75, 3.05) is 13.7 Å². The molecule has 1 heterocycles. The molecule has 1 aromatic rings. The summed E-state index contributed by atoms with van der Waals surface area (Å²) in [5.41, 5.74) is 0. The van der Waals surface area contributed by atoms with Crippen LogP contribution in [0.15, 0.2) is 0 Å². The molecule has 15 heavy (non-hydrogen) atoms. The average molecular weight is 230 g/mol. The Kier molecular flexibility index (Phi) is 3.59. The first-order valence-electron chi connectivity index (χ1n) is 5.34. The van der Waals surface area contributed by atoms with E-state index in [1.54, 1.807) is 7.11 Å². The van der Waals surface area contributed by atoms with Gasteiger partial charge in [0.05, 0.1) is 5.88 Å². The Balaban J connectivity index is 2.05. The summed E-state index contributed by atoms with van der Waals surface area (Å²) in [5.74, 6) is 2.42. The molecule has 84 valence electrons. The normalized spacial score (nSPS) is 15.9. The maximum atomic E-state index is 5.83. The molecule has 4 nitrogen and oxygen atoms in total. The fourth-order valence-corrected chi connectivity index (χ4v) is 1.93. The van der Waals surface area contributed by atoms with Crippen LogP contribution in [0.5, 0.6) is 0 Å². The van der Waals surface area contributed by atoms with Crippen molar-refractivity contribution in [3.63, 3.8) is 0 Å². The number of ether oxygens (including phenoxy) is 1. The first-order chi connectivity index (χ1) is 7.36. The second-order valence-electron chi connectivity index (χ2n) is 3.86. The molecule has 5 heteroatoms. The van der Waals surface area contributed by atoms with Crippen LogP contribution in [0.3, 0.4) is 0 Å². The van der Waals surface area contributed by atoms with Crippen LogP contribution in [0.1, 0.15) is 37.0 Å². The summed E-state index contributed by atoms with van der Waals surface area (Å²) in [4.78, 5) is 0. The van der Waals surface area contributed by atoms with Gasteiger partial charge >= 0.3 is 0 Å². The van der Waals surface area contributed by atoms with Gasteiger partial charge in [-0.05, 0) is 19.3 Å². The van der Waals surface area contributed by atoms with Gasteiger partial charge in [0.1, 0.15) is 11.6 Å². The van der Waals surface area contributed by atoms with Gasteiger partial charge in [0.25, 0.3) is 0 Å². The van der Waals surface area contributed by atoms with Crippen molar-refractivity contribution in [1.82, 2.24) is 14.8 Å². The molecule has 0 N–H and O–H groups in total. The number of aromatic nitrogens is 3. The SMILES string of the molecule is COCCCc1nnc(CCl)n1C1CC1. The summed E-state index contributed by atoms with van der Waals surface area (Å²) < 4.78 is 7.24. The van der Waals surface area contributed by atoms with E-state index < -0.39 is 0 Å². The number of halogens is 1. The van der Waals surface area contributed by atoms with Crippen LogP contribution in [0.4, 0.5) is 0 Å². The fraction of sp³-hybridized carbons (Fsp3) is 0.800. The van der Waals surface area contributed by atoms with Crippen LogP contribution < -0.4 is 0 Å². The lowest BCUT2D eigenvalue weighted by molar-refractivity contribution is 0.194. The minimum Gasteiger partial charge on any atom is -0.385 e. The lowest BCUT2D eigenvalue weighted by Gasteiger charge is -2.06. The van der Waals surface area contributed by atoms with Crippen molar-refractivity contribution in [3.05, 3.63) is 11.6 Å². The maximum Gasteiger partial charge on any atom is 0.148 e. The number of nitrogens with zero attached hydrogens (tertiary/aromatic N) is 3. The Hall–Kier alpha value is -0.610. The van der Waals surface area contributed by atoms with E-state index in [4.69, 9.17) is 16.3 Å². The molecule has 0 aliphatic heterocycles. The Morgan fingerprint density at radius 1 is 1.40 bits per heavy atom. The molecular formula is C10H16ClN3O. The van der Waals surface area contributed by atoms with E-state index in [0.29, 0.717) is 11.9 Å². The van der Waals surface area contributed by atoms with E-state index >= 15 is 0 Å². The Labute approximate surface area is 94.6 Å². The monoisotopic (exact) mass is 229 g/mol. The van der Waals surface area contributed by atoms with Crippen LogP contribution in [-0.2, 0) is 17.0 Å². The van der Waals surface area contributed by atoms with Gasteiger partial charge in [-0.3, -0.25) is 0 Å². The smallest absolute Gasteiger partial charge is 0.148 e. The lowest BCUT2D eigenvalue weighted by atomic mass is 10.3. The van der Waals surface area contributed by atoms with E-state index in [1.165, 1.54) is 12.8 Å². The highest BCUT2D eigenvalue weighted by molar-refractivity contribution is 6.16. The molecule has 0 aromatic carbocycles. The van der Waals surface area contributed by atoms with Gasteiger partial charge in [-0.25, -0.2) is 0 Å². The fourth-order valence-electron chi connectivity index (χ4n) is 1.75. The molecule has 1 aliphatic carbocycles. The molecule has 0 radical (unpaired) electrons. The van der Waals surface area contributed by atoms with Gasteiger partial charge in [0.2, 0.25) is 0 Å². The van der Waals surface area contributed by atoms with Gasteiger partial charge in [0, 0.05) is 26.2 Å². The molecular weight excluding hydrogens is 214 g/mol. The lowest BCUT2D eigenvalue weighted by Crippen LogP contribution is -2.06. The second kappa shape index (κ2) is 4.94. The highest BCUT2D eigenvalue weighted by Crippen LogP contribution is 2.37. The average Bonchev–Trinajstić information content (AvgIpc) is 3.00. The first kappa shape index (κ1) is 10.9. The largest absolute Gasteiger partial charge is 0.385 e. The van der Waals surface area contributed by atoms with Gasteiger partial charge < -0.3 is 9.30 Å². The number of hydrogen-bond acceptors (Lipinski definition) is 3. The third-order valence-electron chi connectivity index (χ3n) is 2.62. The van der Waals surface area contributed by atoms with Gasteiger partial charge in [0.15, 0.2) is 0 Å². The molecule has 0 saturated heterocycles. The number of methoxy groups -OCH3 is 1. The Bertz CT molecular complexity index is 322. The van der Waals surface area contributed by atoms with Crippen molar-refractivity contribution >= 4 is 11.6 Å². The number of aryl methyl sites for hydroxylation is 1. The number of hydrogen-bond donors (Lipinski definition) is 0. The molecule has 0 spiro atoms. The van der Waals surface area contributed by atoms with E-state index in [2.05, 4.69) is 14.8 Å². The zero-order valence-corrected chi connectivity index (χ0v) is 9.70. The molecule has 1 fully saturated rings. The van der Waals surface area contributed by atoms with E-state index in [1.807, 2.05) is 0 Å². The zero-order valence-electron chi connectivity index (χ0n) is 8.95. The molecule has 0 atom stereocenters. The standard InChI is InChI=1S/C10H16ClN3O/c1-15-6-2-3-9-12-13-10(7-11)14(9)8-4-5-8/h8H,2-7H2,1H3. The second-order valence-corrected chi connectivity index (χ2v) is 4.13. The summed E-state index contributed by atoms with van der Waals surface area (Å²) >= 11 is 5.83. The van der Waals surface area contributed by atoms with Crippen LogP contribution in [0, 0.1) is 0 Å². The summed E-state index contributed by atoms with van der Waals surface area (Å²) in [6.45, 7) is 0.772. The molecule has 0 bridgehead atoms.